The monoisotopic (exact) mass is 240 g/mol. The smallest absolute Gasteiger partial charge is 0.282 e. The summed E-state index contributed by atoms with van der Waals surface area (Å²) in [6.07, 6.45) is 0.870. The van der Waals surface area contributed by atoms with Crippen molar-refractivity contribution >= 4 is 17.4 Å². The minimum Gasteiger partial charge on any atom is -0.327 e. The van der Waals surface area contributed by atoms with E-state index in [2.05, 4.69) is 0 Å². The normalized spacial score (nSPS) is 14.4. The van der Waals surface area contributed by atoms with E-state index in [0.29, 0.717) is 4.90 Å². The zero-order valence-electron chi connectivity index (χ0n) is 9.42. The van der Waals surface area contributed by atoms with Crippen LogP contribution in [0.25, 0.3) is 0 Å². The number of nitrogens with two attached hydrogens (primary N) is 1. The Labute approximate surface area is 99.4 Å². The molecule has 1 rings (SSSR count). The summed E-state index contributed by atoms with van der Waals surface area (Å²) >= 11 is 1.46. The molecule has 0 heterocycles. The van der Waals surface area contributed by atoms with Crippen molar-refractivity contribution in [1.29, 1.82) is 0 Å². The lowest BCUT2D eigenvalue weighted by molar-refractivity contribution is -0.387. The molecule has 0 spiro atoms. The molecule has 16 heavy (non-hydrogen) atoms. The first-order valence-electron chi connectivity index (χ1n) is 5.22. The number of rotatable bonds is 5. The first-order valence-corrected chi connectivity index (χ1v) is 6.09. The molecule has 2 unspecified atom stereocenters. The fraction of sp³-hybridized carbons (Fsp3) is 0.455. The Morgan fingerprint density at radius 1 is 1.50 bits per heavy atom. The fourth-order valence-corrected chi connectivity index (χ4v) is 2.52. The predicted octanol–water partition coefficient (Wildman–Crippen LogP) is 2.81. The van der Waals surface area contributed by atoms with E-state index in [1.807, 2.05) is 13.8 Å². The van der Waals surface area contributed by atoms with E-state index in [1.165, 1.54) is 17.8 Å². The van der Waals surface area contributed by atoms with Crippen molar-refractivity contribution in [3.63, 3.8) is 0 Å². The van der Waals surface area contributed by atoms with Crippen LogP contribution in [0.5, 0.6) is 0 Å². The van der Waals surface area contributed by atoms with E-state index in [9.17, 15) is 10.1 Å². The molecule has 88 valence electrons. The second-order valence-electron chi connectivity index (χ2n) is 3.62. The number of nitro benzene ring substituents is 1. The Bertz CT molecular complexity index is 371. The lowest BCUT2D eigenvalue weighted by Crippen LogP contribution is -2.29. The number of nitro groups is 1. The quantitative estimate of drug-likeness (QED) is 0.488. The van der Waals surface area contributed by atoms with Gasteiger partial charge in [0.05, 0.1) is 9.82 Å². The minimum absolute atomic E-state index is 0.0600. The number of nitrogens with zero attached hydrogens (tertiary/aromatic N) is 1. The lowest BCUT2D eigenvalue weighted by atomic mass is 10.2. The topological polar surface area (TPSA) is 69.2 Å². The van der Waals surface area contributed by atoms with Gasteiger partial charge in [-0.3, -0.25) is 10.1 Å². The molecule has 5 heteroatoms. The standard InChI is InChI=1S/C11H16N2O2S/c1-3-9(12)8(2)16-11-7-5-4-6-10(11)13(14)15/h4-9H,3,12H2,1-2H3. The van der Waals surface area contributed by atoms with Gasteiger partial charge in [0.1, 0.15) is 0 Å². The van der Waals surface area contributed by atoms with Crippen LogP contribution in [0.1, 0.15) is 20.3 Å². The number of hydrogen-bond acceptors (Lipinski definition) is 4. The molecule has 4 nitrogen and oxygen atoms in total. The van der Waals surface area contributed by atoms with Gasteiger partial charge >= 0.3 is 0 Å². The van der Waals surface area contributed by atoms with Gasteiger partial charge in [0.2, 0.25) is 0 Å². The Kier molecular flexibility index (Phi) is 4.76. The molecule has 0 aliphatic heterocycles. The molecule has 0 fully saturated rings. The van der Waals surface area contributed by atoms with Crippen molar-refractivity contribution in [2.75, 3.05) is 0 Å². The predicted molar refractivity (Wildman–Crippen MR) is 66.7 cm³/mol. The molecule has 1 aromatic rings. The Morgan fingerprint density at radius 3 is 2.69 bits per heavy atom. The van der Waals surface area contributed by atoms with Crippen molar-refractivity contribution in [3.8, 4) is 0 Å². The van der Waals surface area contributed by atoms with Crippen LogP contribution in [0.15, 0.2) is 29.2 Å². The first kappa shape index (κ1) is 13.0. The maximum atomic E-state index is 10.8. The maximum Gasteiger partial charge on any atom is 0.282 e. The van der Waals surface area contributed by atoms with Gasteiger partial charge < -0.3 is 5.73 Å². The number of benzene rings is 1. The third-order valence-electron chi connectivity index (χ3n) is 2.45. The molecule has 0 aliphatic rings. The van der Waals surface area contributed by atoms with Crippen LogP contribution in [0.3, 0.4) is 0 Å². The lowest BCUT2D eigenvalue weighted by Gasteiger charge is -2.17. The summed E-state index contributed by atoms with van der Waals surface area (Å²) in [6, 6.07) is 6.82. The van der Waals surface area contributed by atoms with Gasteiger partial charge in [-0.25, -0.2) is 0 Å². The zero-order chi connectivity index (χ0) is 12.1. The summed E-state index contributed by atoms with van der Waals surface area (Å²) in [5, 5.41) is 11.0. The Hall–Kier alpha value is -1.07. The minimum atomic E-state index is -0.355. The third-order valence-corrected chi connectivity index (χ3v) is 3.77. The van der Waals surface area contributed by atoms with Gasteiger partial charge in [-0.1, -0.05) is 26.0 Å². The molecule has 0 bridgehead atoms. The van der Waals surface area contributed by atoms with Crippen LogP contribution in [-0.4, -0.2) is 16.2 Å². The molecule has 2 atom stereocenters. The zero-order valence-corrected chi connectivity index (χ0v) is 10.2. The van der Waals surface area contributed by atoms with E-state index in [0.717, 1.165) is 6.42 Å². The molecule has 0 saturated heterocycles. The first-order chi connectivity index (χ1) is 7.56. The van der Waals surface area contributed by atoms with Gasteiger partial charge in [0.15, 0.2) is 0 Å². The maximum absolute atomic E-state index is 10.8. The van der Waals surface area contributed by atoms with Crippen molar-refractivity contribution in [1.82, 2.24) is 0 Å². The highest BCUT2D eigenvalue weighted by Crippen LogP contribution is 2.32. The summed E-state index contributed by atoms with van der Waals surface area (Å²) in [5.74, 6) is 0. The van der Waals surface area contributed by atoms with Gasteiger partial charge in [0.25, 0.3) is 5.69 Å². The molecule has 1 aromatic carbocycles. The van der Waals surface area contributed by atoms with E-state index in [-0.39, 0.29) is 21.9 Å². The highest BCUT2D eigenvalue weighted by molar-refractivity contribution is 8.00. The van der Waals surface area contributed by atoms with E-state index >= 15 is 0 Å². The highest BCUT2D eigenvalue weighted by atomic mass is 32.2. The number of thioether (sulfide) groups is 1. The van der Waals surface area contributed by atoms with Crippen LogP contribution in [0.2, 0.25) is 0 Å². The third kappa shape index (κ3) is 3.21. The highest BCUT2D eigenvalue weighted by Gasteiger charge is 2.18. The summed E-state index contributed by atoms with van der Waals surface area (Å²) in [7, 11) is 0. The molecular weight excluding hydrogens is 224 g/mol. The van der Waals surface area contributed by atoms with Crippen LogP contribution < -0.4 is 5.73 Å². The molecule has 0 saturated carbocycles. The summed E-state index contributed by atoms with van der Waals surface area (Å²) in [6.45, 7) is 4.01. The van der Waals surface area contributed by atoms with Gasteiger partial charge in [0, 0.05) is 17.4 Å². The average molecular weight is 240 g/mol. The SMILES string of the molecule is CCC(N)C(C)Sc1ccccc1[N+](=O)[O-]. The van der Waals surface area contributed by atoms with Gasteiger partial charge in [-0.15, -0.1) is 11.8 Å². The Morgan fingerprint density at radius 2 is 2.12 bits per heavy atom. The summed E-state index contributed by atoms with van der Waals surface area (Å²) in [5.41, 5.74) is 6.06. The molecule has 0 aliphatic carbocycles. The van der Waals surface area contributed by atoms with Crippen molar-refractivity contribution in [2.45, 2.75) is 36.5 Å². The summed E-state index contributed by atoms with van der Waals surface area (Å²) in [4.78, 5) is 11.1. The van der Waals surface area contributed by atoms with Crippen molar-refractivity contribution in [3.05, 3.63) is 34.4 Å². The van der Waals surface area contributed by atoms with Crippen LogP contribution >= 0.6 is 11.8 Å². The second kappa shape index (κ2) is 5.86. The van der Waals surface area contributed by atoms with Crippen molar-refractivity contribution < 1.29 is 4.92 Å². The van der Waals surface area contributed by atoms with Crippen LogP contribution in [0.4, 0.5) is 5.69 Å². The molecule has 0 aromatic heterocycles. The molecule has 0 radical (unpaired) electrons. The average Bonchev–Trinajstić information content (AvgIpc) is 2.28. The Balaban J connectivity index is 2.84. The van der Waals surface area contributed by atoms with E-state index in [4.69, 9.17) is 5.73 Å². The molecule has 0 amide bonds. The largest absolute Gasteiger partial charge is 0.327 e. The summed E-state index contributed by atoms with van der Waals surface area (Å²) < 4.78 is 0. The van der Waals surface area contributed by atoms with Crippen LogP contribution in [0, 0.1) is 10.1 Å². The molecular formula is C11H16N2O2S. The van der Waals surface area contributed by atoms with Crippen LogP contribution in [-0.2, 0) is 0 Å². The fourth-order valence-electron chi connectivity index (χ4n) is 1.33. The van der Waals surface area contributed by atoms with E-state index in [1.54, 1.807) is 18.2 Å². The number of para-hydroxylation sites is 1. The second-order valence-corrected chi connectivity index (χ2v) is 5.04. The van der Waals surface area contributed by atoms with Crippen molar-refractivity contribution in [2.24, 2.45) is 5.73 Å². The van der Waals surface area contributed by atoms with Gasteiger partial charge in [-0.2, -0.15) is 0 Å². The van der Waals surface area contributed by atoms with E-state index < -0.39 is 0 Å². The van der Waals surface area contributed by atoms with Gasteiger partial charge in [-0.05, 0) is 12.5 Å². The number of hydrogen-bond donors (Lipinski definition) is 1. The molecule has 2 N–H and O–H groups in total.